The lowest BCUT2D eigenvalue weighted by Gasteiger charge is -2.38. The molecular weight excluding hydrogens is 367 g/mol. The minimum atomic E-state index is 0. The number of hydrogen-bond acceptors (Lipinski definition) is 3. The molecule has 0 bridgehead atoms. The number of halogens is 2. The van der Waals surface area contributed by atoms with Gasteiger partial charge in [0.25, 0.3) is 0 Å². The van der Waals surface area contributed by atoms with Crippen molar-refractivity contribution in [3.05, 3.63) is 58.7 Å². The summed E-state index contributed by atoms with van der Waals surface area (Å²) in [5, 5.41) is 0. The van der Waals surface area contributed by atoms with Gasteiger partial charge in [0.2, 0.25) is 0 Å². The Morgan fingerprint density at radius 2 is 1.46 bits per heavy atom. The second-order valence-electron chi connectivity index (χ2n) is 7.31. The zero-order valence-corrected chi connectivity index (χ0v) is 17.3. The van der Waals surface area contributed by atoms with Crippen molar-refractivity contribution < 1.29 is 4.74 Å². The second kappa shape index (κ2) is 8.62. The number of rotatable bonds is 1. The summed E-state index contributed by atoms with van der Waals surface area (Å²) in [4.78, 5) is 5.05. The maximum absolute atomic E-state index is 6.32. The summed E-state index contributed by atoms with van der Waals surface area (Å²) in [5.74, 6) is 2.04. The summed E-state index contributed by atoms with van der Waals surface area (Å²) in [7, 11) is 2.21. The molecule has 1 fully saturated rings. The zero-order chi connectivity index (χ0) is 16.7. The predicted octanol–water partition coefficient (Wildman–Crippen LogP) is 4.78. The van der Waals surface area contributed by atoms with Crippen molar-refractivity contribution in [2.24, 2.45) is 0 Å². The molecule has 2 aliphatic heterocycles. The highest BCUT2D eigenvalue weighted by molar-refractivity contribution is 5.85. The molecule has 5 heteroatoms. The average Bonchev–Trinajstić information content (AvgIpc) is 2.72. The molecule has 0 aliphatic carbocycles. The molecule has 4 rings (SSSR count). The van der Waals surface area contributed by atoms with Crippen LogP contribution in [0.1, 0.15) is 28.3 Å². The number of hydrogen-bond donors (Lipinski definition) is 0. The molecular formula is C21H28Cl2N2O. The van der Waals surface area contributed by atoms with Crippen molar-refractivity contribution in [1.82, 2.24) is 9.80 Å². The van der Waals surface area contributed by atoms with Crippen LogP contribution < -0.4 is 4.74 Å². The zero-order valence-electron chi connectivity index (χ0n) is 15.7. The molecule has 2 aliphatic rings. The van der Waals surface area contributed by atoms with Crippen LogP contribution in [-0.2, 0) is 6.42 Å². The monoisotopic (exact) mass is 394 g/mol. The maximum atomic E-state index is 6.32. The van der Waals surface area contributed by atoms with E-state index in [2.05, 4.69) is 67.1 Å². The van der Waals surface area contributed by atoms with E-state index in [9.17, 15) is 0 Å². The molecule has 0 radical (unpaired) electrons. The fraction of sp³-hybridized carbons (Fsp3) is 0.429. The van der Waals surface area contributed by atoms with Gasteiger partial charge in [0, 0.05) is 37.8 Å². The quantitative estimate of drug-likeness (QED) is 0.691. The Morgan fingerprint density at radius 1 is 0.846 bits per heavy atom. The van der Waals surface area contributed by atoms with Gasteiger partial charge < -0.3 is 9.64 Å². The molecule has 2 aromatic carbocycles. The van der Waals surface area contributed by atoms with E-state index in [-0.39, 0.29) is 24.8 Å². The third-order valence-electron chi connectivity index (χ3n) is 5.35. The largest absolute Gasteiger partial charge is 0.457 e. The molecule has 142 valence electrons. The Hall–Kier alpha value is -1.26. The van der Waals surface area contributed by atoms with Crippen LogP contribution in [0, 0.1) is 13.8 Å². The van der Waals surface area contributed by atoms with Gasteiger partial charge >= 0.3 is 0 Å². The Labute approximate surface area is 169 Å². The highest BCUT2D eigenvalue weighted by Gasteiger charge is 2.30. The van der Waals surface area contributed by atoms with E-state index in [0.29, 0.717) is 6.04 Å². The van der Waals surface area contributed by atoms with Crippen molar-refractivity contribution in [2.45, 2.75) is 26.3 Å². The number of aryl methyl sites for hydroxylation is 2. The summed E-state index contributed by atoms with van der Waals surface area (Å²) in [5.41, 5.74) is 5.27. The minimum absolute atomic E-state index is 0. The van der Waals surface area contributed by atoms with E-state index in [4.69, 9.17) is 4.74 Å². The molecule has 0 saturated carbocycles. The molecule has 26 heavy (non-hydrogen) atoms. The predicted molar refractivity (Wildman–Crippen MR) is 112 cm³/mol. The Bertz CT molecular complexity index is 758. The first-order valence-corrected chi connectivity index (χ1v) is 8.91. The summed E-state index contributed by atoms with van der Waals surface area (Å²) < 4.78 is 6.32. The lowest BCUT2D eigenvalue weighted by atomic mass is 9.95. The minimum Gasteiger partial charge on any atom is -0.457 e. The van der Waals surface area contributed by atoms with E-state index in [1.165, 1.54) is 22.3 Å². The number of piperazine rings is 1. The number of ether oxygens (including phenoxy) is 1. The van der Waals surface area contributed by atoms with Crippen LogP contribution in [0.5, 0.6) is 11.5 Å². The Morgan fingerprint density at radius 3 is 2.15 bits per heavy atom. The topological polar surface area (TPSA) is 15.7 Å². The molecule has 3 nitrogen and oxygen atoms in total. The van der Waals surface area contributed by atoms with Crippen LogP contribution in [0.3, 0.4) is 0 Å². The Balaban J connectivity index is 0.00000121. The van der Waals surface area contributed by atoms with Gasteiger partial charge in [-0.2, -0.15) is 0 Å². The van der Waals surface area contributed by atoms with Gasteiger partial charge in [-0.25, -0.2) is 0 Å². The van der Waals surface area contributed by atoms with Gasteiger partial charge in [-0.05, 0) is 45.0 Å². The van der Waals surface area contributed by atoms with E-state index >= 15 is 0 Å². The van der Waals surface area contributed by atoms with Gasteiger partial charge in [-0.15, -0.1) is 24.8 Å². The maximum Gasteiger partial charge on any atom is 0.132 e. The van der Waals surface area contributed by atoms with E-state index < -0.39 is 0 Å². The Kier molecular flexibility index (Phi) is 6.98. The summed E-state index contributed by atoms with van der Waals surface area (Å²) >= 11 is 0. The van der Waals surface area contributed by atoms with Crippen LogP contribution in [0.15, 0.2) is 36.4 Å². The van der Waals surface area contributed by atoms with Gasteiger partial charge in [-0.1, -0.05) is 35.4 Å². The summed E-state index contributed by atoms with van der Waals surface area (Å²) in [6.07, 6.45) is 1.02. The third-order valence-corrected chi connectivity index (χ3v) is 5.35. The number of fused-ring (bicyclic) bond motifs is 2. The standard InChI is InChI=1S/C21H26N2O.2ClH/c1-15-4-6-20-17(12-15)14-19(23-10-8-22(3)9-11-23)18-13-16(2)5-7-21(18)24-20;;/h4-7,12-13,19H,8-11,14H2,1-3H3;2*1H. The molecule has 0 aromatic heterocycles. The molecule has 1 atom stereocenters. The smallest absolute Gasteiger partial charge is 0.132 e. The second-order valence-corrected chi connectivity index (χ2v) is 7.31. The van der Waals surface area contributed by atoms with E-state index in [1.807, 2.05) is 0 Å². The highest BCUT2D eigenvalue weighted by Crippen LogP contribution is 2.41. The van der Waals surface area contributed by atoms with Gasteiger partial charge in [0.15, 0.2) is 0 Å². The number of benzene rings is 2. The summed E-state index contributed by atoms with van der Waals surface area (Å²) in [6.45, 7) is 8.85. The van der Waals surface area contributed by atoms with Gasteiger partial charge in [0.05, 0.1) is 0 Å². The van der Waals surface area contributed by atoms with Crippen molar-refractivity contribution >= 4 is 24.8 Å². The van der Waals surface area contributed by atoms with Crippen LogP contribution >= 0.6 is 24.8 Å². The number of nitrogens with zero attached hydrogens (tertiary/aromatic N) is 2. The lowest BCUT2D eigenvalue weighted by Crippen LogP contribution is -2.46. The van der Waals surface area contributed by atoms with E-state index in [1.54, 1.807) is 0 Å². The molecule has 0 spiro atoms. The lowest BCUT2D eigenvalue weighted by molar-refractivity contribution is 0.111. The first-order chi connectivity index (χ1) is 11.6. The molecule has 1 saturated heterocycles. The molecule has 0 N–H and O–H groups in total. The first-order valence-electron chi connectivity index (χ1n) is 8.91. The highest BCUT2D eigenvalue weighted by atomic mass is 35.5. The normalized spacial score (nSPS) is 19.9. The molecule has 2 aromatic rings. The molecule has 2 heterocycles. The van der Waals surface area contributed by atoms with Crippen molar-refractivity contribution in [3.8, 4) is 11.5 Å². The fourth-order valence-electron chi connectivity index (χ4n) is 3.88. The molecule has 1 unspecified atom stereocenters. The summed E-state index contributed by atoms with van der Waals surface area (Å²) in [6, 6.07) is 13.6. The fourth-order valence-corrected chi connectivity index (χ4v) is 3.88. The van der Waals surface area contributed by atoms with Crippen molar-refractivity contribution in [1.29, 1.82) is 0 Å². The van der Waals surface area contributed by atoms with E-state index in [0.717, 1.165) is 44.1 Å². The van der Waals surface area contributed by atoms with Crippen molar-refractivity contribution in [3.63, 3.8) is 0 Å². The SMILES string of the molecule is Cc1ccc2c(c1)CC(N1CCN(C)CC1)c1cc(C)ccc1O2.Cl.Cl. The van der Waals surface area contributed by atoms with Gasteiger partial charge in [-0.3, -0.25) is 4.90 Å². The molecule has 0 amide bonds. The van der Waals surface area contributed by atoms with Crippen LogP contribution in [-0.4, -0.2) is 43.0 Å². The van der Waals surface area contributed by atoms with Crippen LogP contribution in [0.25, 0.3) is 0 Å². The average molecular weight is 395 g/mol. The number of likely N-dealkylation sites (N-methyl/N-ethyl adjacent to an activating group) is 1. The first kappa shape index (κ1) is 21.0. The van der Waals surface area contributed by atoms with Crippen LogP contribution in [0.4, 0.5) is 0 Å². The third kappa shape index (κ3) is 4.17. The van der Waals surface area contributed by atoms with Crippen molar-refractivity contribution in [2.75, 3.05) is 33.2 Å². The van der Waals surface area contributed by atoms with Gasteiger partial charge in [0.1, 0.15) is 11.5 Å². The van der Waals surface area contributed by atoms with Crippen LogP contribution in [0.2, 0.25) is 0 Å².